The van der Waals surface area contributed by atoms with E-state index in [2.05, 4.69) is 22.0 Å². The topological polar surface area (TPSA) is 83.8 Å². The van der Waals surface area contributed by atoms with Crippen molar-refractivity contribution in [3.63, 3.8) is 0 Å². The number of thiophene rings is 1. The maximum absolute atomic E-state index is 12.2. The predicted octanol–water partition coefficient (Wildman–Crippen LogP) is 4.80. The molecular formula is C21H27BrO5S. The van der Waals surface area contributed by atoms with Crippen molar-refractivity contribution < 1.29 is 24.5 Å². The predicted molar refractivity (Wildman–Crippen MR) is 113 cm³/mol. The standard InChI is InChI=1S/C21H27BrO5S/c1-14-18(22)13-17(28-14)10-9-16(23)8-6-15-7-11-19(24)21(15)27-12-4-2-3-5-20(25)26/h4,6,8,12-13,15,19,21,24H,2-3,5,7,9-11H2,1H3,(H,25,26)/b8-6+,12-4-/t15-,19?,21+/m0/s1. The van der Waals surface area contributed by atoms with E-state index in [0.717, 1.165) is 17.3 Å². The van der Waals surface area contributed by atoms with Crippen LogP contribution in [0.15, 0.2) is 35.0 Å². The minimum absolute atomic E-state index is 0.000691. The fourth-order valence-electron chi connectivity index (χ4n) is 3.16. The van der Waals surface area contributed by atoms with Crippen molar-refractivity contribution in [1.29, 1.82) is 0 Å². The normalized spacial score (nSPS) is 22.3. The second kappa shape index (κ2) is 11.5. The average molecular weight is 471 g/mol. The maximum Gasteiger partial charge on any atom is 0.303 e. The van der Waals surface area contributed by atoms with Crippen LogP contribution in [0.25, 0.3) is 0 Å². The van der Waals surface area contributed by atoms with Gasteiger partial charge in [-0.15, -0.1) is 11.3 Å². The van der Waals surface area contributed by atoms with Crippen LogP contribution in [-0.4, -0.2) is 34.2 Å². The fourth-order valence-corrected chi connectivity index (χ4v) is 4.76. The summed E-state index contributed by atoms with van der Waals surface area (Å²) in [5.41, 5.74) is 0. The molecule has 3 atom stereocenters. The highest BCUT2D eigenvalue weighted by Crippen LogP contribution is 2.30. The van der Waals surface area contributed by atoms with Crippen LogP contribution in [0.1, 0.15) is 48.3 Å². The molecule has 5 nitrogen and oxygen atoms in total. The van der Waals surface area contributed by atoms with Gasteiger partial charge in [0, 0.05) is 33.0 Å². The van der Waals surface area contributed by atoms with Crippen molar-refractivity contribution in [2.45, 2.75) is 64.1 Å². The number of carboxylic acids is 1. The van der Waals surface area contributed by atoms with E-state index in [4.69, 9.17) is 9.84 Å². The second-order valence-corrected chi connectivity index (χ2v) is 9.20. The molecule has 1 aliphatic carbocycles. The number of carbonyl (C=O) groups is 2. The first-order valence-electron chi connectivity index (χ1n) is 9.53. The SMILES string of the molecule is Cc1sc(CCC(=O)/C=C/[C@H]2CCC(O)[C@@H]2O/C=C\CCCC(=O)O)cc1Br. The number of aliphatic hydroxyl groups is 1. The van der Waals surface area contributed by atoms with Gasteiger partial charge in [0.15, 0.2) is 5.78 Å². The molecule has 1 aromatic rings. The Balaban J connectivity index is 1.77. The highest BCUT2D eigenvalue weighted by Gasteiger charge is 2.34. The van der Waals surface area contributed by atoms with Gasteiger partial charge >= 0.3 is 5.97 Å². The number of hydrogen-bond donors (Lipinski definition) is 2. The summed E-state index contributed by atoms with van der Waals surface area (Å²) in [5.74, 6) is -0.732. The van der Waals surface area contributed by atoms with Gasteiger partial charge in [0.2, 0.25) is 0 Å². The Hall–Kier alpha value is -1.44. The number of ether oxygens (including phenoxy) is 1. The van der Waals surface area contributed by atoms with E-state index in [9.17, 15) is 14.7 Å². The lowest BCUT2D eigenvalue weighted by Crippen LogP contribution is -2.26. The van der Waals surface area contributed by atoms with Crippen molar-refractivity contribution in [3.05, 3.63) is 44.8 Å². The van der Waals surface area contributed by atoms with Crippen LogP contribution in [0.2, 0.25) is 0 Å². The summed E-state index contributed by atoms with van der Waals surface area (Å²) in [6.07, 6.45) is 9.79. The van der Waals surface area contributed by atoms with Gasteiger partial charge in [0.05, 0.1) is 12.4 Å². The van der Waals surface area contributed by atoms with Gasteiger partial charge < -0.3 is 14.9 Å². The van der Waals surface area contributed by atoms with Crippen LogP contribution in [0.3, 0.4) is 0 Å². The van der Waals surface area contributed by atoms with Gasteiger partial charge in [-0.2, -0.15) is 0 Å². The molecule has 0 bridgehead atoms. The molecule has 1 fully saturated rings. The summed E-state index contributed by atoms with van der Waals surface area (Å²) in [7, 11) is 0. The van der Waals surface area contributed by atoms with E-state index >= 15 is 0 Å². The zero-order valence-corrected chi connectivity index (χ0v) is 18.4. The number of aryl methyl sites for hydroxylation is 2. The largest absolute Gasteiger partial charge is 0.495 e. The highest BCUT2D eigenvalue weighted by atomic mass is 79.9. The molecule has 0 aliphatic heterocycles. The molecule has 1 unspecified atom stereocenters. The molecule has 28 heavy (non-hydrogen) atoms. The van der Waals surface area contributed by atoms with Crippen molar-refractivity contribution >= 4 is 39.0 Å². The number of aliphatic carboxylic acids is 1. The zero-order valence-electron chi connectivity index (χ0n) is 16.0. The molecule has 1 heterocycles. The molecule has 7 heteroatoms. The first-order valence-corrected chi connectivity index (χ1v) is 11.1. The van der Waals surface area contributed by atoms with Gasteiger partial charge in [0.25, 0.3) is 0 Å². The third kappa shape index (κ3) is 7.53. The molecule has 0 aromatic carbocycles. The molecule has 0 amide bonds. The van der Waals surface area contributed by atoms with Crippen LogP contribution in [-0.2, 0) is 20.7 Å². The van der Waals surface area contributed by atoms with Gasteiger partial charge in [-0.05, 0) is 73.2 Å². The number of ketones is 1. The Morgan fingerprint density at radius 3 is 2.82 bits per heavy atom. The summed E-state index contributed by atoms with van der Waals surface area (Å²) < 4.78 is 6.76. The molecule has 2 rings (SSSR count). The quantitative estimate of drug-likeness (QED) is 0.275. The molecule has 1 aliphatic rings. The lowest BCUT2D eigenvalue weighted by molar-refractivity contribution is -0.137. The monoisotopic (exact) mass is 470 g/mol. The summed E-state index contributed by atoms with van der Waals surface area (Å²) in [6, 6.07) is 2.07. The van der Waals surface area contributed by atoms with E-state index in [1.54, 1.807) is 29.8 Å². The van der Waals surface area contributed by atoms with E-state index in [1.165, 1.54) is 9.75 Å². The minimum Gasteiger partial charge on any atom is -0.495 e. The number of halogens is 1. The lowest BCUT2D eigenvalue weighted by atomic mass is 10.0. The third-order valence-corrected chi connectivity index (χ3v) is 6.94. The fraction of sp³-hybridized carbons (Fsp3) is 0.524. The molecule has 0 saturated heterocycles. The molecule has 154 valence electrons. The zero-order chi connectivity index (χ0) is 20.5. The van der Waals surface area contributed by atoms with Crippen molar-refractivity contribution in [3.8, 4) is 0 Å². The molecule has 0 spiro atoms. The molecule has 2 N–H and O–H groups in total. The molecule has 0 radical (unpaired) electrons. The number of carboxylic acid groups (broad SMARTS) is 1. The molecular weight excluding hydrogens is 444 g/mol. The van der Waals surface area contributed by atoms with E-state index in [0.29, 0.717) is 25.7 Å². The summed E-state index contributed by atoms with van der Waals surface area (Å²) >= 11 is 5.19. The smallest absolute Gasteiger partial charge is 0.303 e. The first-order chi connectivity index (χ1) is 13.4. The molecule has 1 saturated carbocycles. The Morgan fingerprint density at radius 2 is 2.14 bits per heavy atom. The number of carbonyl (C=O) groups excluding carboxylic acids is 1. The first kappa shape index (κ1) is 22.8. The Labute approximate surface area is 178 Å². The van der Waals surface area contributed by atoms with Crippen LogP contribution >= 0.6 is 27.3 Å². The van der Waals surface area contributed by atoms with Gasteiger partial charge in [-0.25, -0.2) is 0 Å². The van der Waals surface area contributed by atoms with Crippen LogP contribution < -0.4 is 0 Å². The van der Waals surface area contributed by atoms with Gasteiger partial charge in [0.1, 0.15) is 6.10 Å². The number of rotatable bonds is 11. The average Bonchev–Trinajstić information content (AvgIpc) is 3.16. The summed E-state index contributed by atoms with van der Waals surface area (Å²) in [6.45, 7) is 2.05. The van der Waals surface area contributed by atoms with E-state index < -0.39 is 12.1 Å². The lowest BCUT2D eigenvalue weighted by Gasteiger charge is -2.19. The van der Waals surface area contributed by atoms with E-state index in [1.807, 2.05) is 13.0 Å². The molecule has 1 aromatic heterocycles. The minimum atomic E-state index is -0.808. The number of allylic oxidation sites excluding steroid dienone is 2. The van der Waals surface area contributed by atoms with E-state index in [-0.39, 0.29) is 24.2 Å². The van der Waals surface area contributed by atoms with Crippen molar-refractivity contribution in [2.75, 3.05) is 0 Å². The maximum atomic E-state index is 12.2. The summed E-state index contributed by atoms with van der Waals surface area (Å²) in [4.78, 5) is 25.1. The third-order valence-electron chi connectivity index (χ3n) is 4.75. The number of hydrogen-bond acceptors (Lipinski definition) is 5. The number of aliphatic hydroxyl groups excluding tert-OH is 1. The Bertz CT molecular complexity index is 705. The second-order valence-electron chi connectivity index (χ2n) is 7.01. The van der Waals surface area contributed by atoms with Crippen LogP contribution in [0.5, 0.6) is 0 Å². The van der Waals surface area contributed by atoms with Crippen LogP contribution in [0, 0.1) is 12.8 Å². The Kier molecular flexibility index (Phi) is 9.41. The van der Waals surface area contributed by atoms with Crippen molar-refractivity contribution in [1.82, 2.24) is 0 Å². The van der Waals surface area contributed by atoms with Crippen LogP contribution in [0.4, 0.5) is 0 Å². The number of unbranched alkanes of at least 4 members (excludes halogenated alkanes) is 1. The highest BCUT2D eigenvalue weighted by molar-refractivity contribution is 9.10. The van der Waals surface area contributed by atoms with Crippen molar-refractivity contribution in [2.24, 2.45) is 5.92 Å². The van der Waals surface area contributed by atoms with Gasteiger partial charge in [-0.3, -0.25) is 9.59 Å². The summed E-state index contributed by atoms with van der Waals surface area (Å²) in [5, 5.41) is 18.7. The van der Waals surface area contributed by atoms with Gasteiger partial charge in [-0.1, -0.05) is 6.08 Å². The Morgan fingerprint density at radius 1 is 1.36 bits per heavy atom.